The quantitative estimate of drug-likeness (QED) is 0.919. The standard InChI is InChI=1S/C14H17Cl2N3/c1-17-12(6-11-8-18-19(2)9-11)5-10-3-4-13(15)14(16)7-10/h3-4,7-9,12,17H,5-6H2,1-2H3. The fraction of sp³-hybridized carbons (Fsp3) is 0.357. The van der Waals surface area contributed by atoms with Gasteiger partial charge in [-0.25, -0.2) is 0 Å². The Kier molecular flexibility index (Phi) is 4.86. The molecule has 0 bridgehead atoms. The molecule has 1 N–H and O–H groups in total. The van der Waals surface area contributed by atoms with Gasteiger partial charge in [-0.15, -0.1) is 0 Å². The third-order valence-corrected chi connectivity index (χ3v) is 3.85. The number of aromatic nitrogens is 2. The summed E-state index contributed by atoms with van der Waals surface area (Å²) in [6.07, 6.45) is 5.78. The van der Waals surface area contributed by atoms with E-state index >= 15 is 0 Å². The highest BCUT2D eigenvalue weighted by molar-refractivity contribution is 6.42. The van der Waals surface area contributed by atoms with E-state index in [0.717, 1.165) is 12.8 Å². The molecule has 102 valence electrons. The van der Waals surface area contributed by atoms with Crippen LogP contribution in [0.1, 0.15) is 11.1 Å². The number of aryl methyl sites for hydroxylation is 1. The molecule has 0 aliphatic heterocycles. The molecular formula is C14H17Cl2N3. The topological polar surface area (TPSA) is 29.9 Å². The molecule has 0 radical (unpaired) electrons. The van der Waals surface area contributed by atoms with E-state index in [-0.39, 0.29) is 0 Å². The van der Waals surface area contributed by atoms with Crippen molar-refractivity contribution in [3.63, 3.8) is 0 Å². The Morgan fingerprint density at radius 2 is 1.95 bits per heavy atom. The summed E-state index contributed by atoms with van der Waals surface area (Å²) in [7, 11) is 3.90. The second-order valence-corrected chi connectivity index (χ2v) is 5.48. The Balaban J connectivity index is 2.04. The third kappa shape index (κ3) is 3.96. The van der Waals surface area contributed by atoms with Crippen molar-refractivity contribution in [1.29, 1.82) is 0 Å². The summed E-state index contributed by atoms with van der Waals surface area (Å²) in [6.45, 7) is 0. The first-order valence-electron chi connectivity index (χ1n) is 6.17. The molecule has 19 heavy (non-hydrogen) atoms. The molecule has 2 aromatic rings. The van der Waals surface area contributed by atoms with Crippen LogP contribution in [-0.2, 0) is 19.9 Å². The molecule has 1 unspecified atom stereocenters. The first-order valence-corrected chi connectivity index (χ1v) is 6.93. The van der Waals surface area contributed by atoms with Crippen LogP contribution in [0.15, 0.2) is 30.6 Å². The number of benzene rings is 1. The second-order valence-electron chi connectivity index (χ2n) is 4.66. The summed E-state index contributed by atoms with van der Waals surface area (Å²) in [5.74, 6) is 0. The van der Waals surface area contributed by atoms with Crippen molar-refractivity contribution in [1.82, 2.24) is 15.1 Å². The zero-order chi connectivity index (χ0) is 13.8. The summed E-state index contributed by atoms with van der Waals surface area (Å²) in [5, 5.41) is 8.72. The van der Waals surface area contributed by atoms with E-state index in [1.54, 1.807) is 0 Å². The van der Waals surface area contributed by atoms with Gasteiger partial charge in [0.05, 0.1) is 16.2 Å². The monoisotopic (exact) mass is 297 g/mol. The second kappa shape index (κ2) is 6.42. The lowest BCUT2D eigenvalue weighted by Gasteiger charge is -2.15. The fourth-order valence-corrected chi connectivity index (χ4v) is 2.41. The summed E-state index contributed by atoms with van der Waals surface area (Å²) in [4.78, 5) is 0. The van der Waals surface area contributed by atoms with Gasteiger partial charge in [-0.2, -0.15) is 5.10 Å². The maximum atomic E-state index is 6.04. The first-order chi connectivity index (χ1) is 9.08. The van der Waals surface area contributed by atoms with Crippen molar-refractivity contribution in [2.24, 2.45) is 7.05 Å². The van der Waals surface area contributed by atoms with Crippen molar-refractivity contribution in [2.45, 2.75) is 18.9 Å². The Labute approximate surface area is 123 Å². The van der Waals surface area contributed by atoms with Crippen LogP contribution in [0.4, 0.5) is 0 Å². The van der Waals surface area contributed by atoms with Crippen LogP contribution >= 0.6 is 23.2 Å². The van der Waals surface area contributed by atoms with Gasteiger partial charge in [-0.05, 0) is 43.1 Å². The highest BCUT2D eigenvalue weighted by Gasteiger charge is 2.10. The Bertz CT molecular complexity index is 551. The molecule has 0 aliphatic rings. The number of likely N-dealkylation sites (N-methyl/N-ethyl adjacent to an activating group) is 1. The SMILES string of the molecule is CNC(Cc1ccc(Cl)c(Cl)c1)Cc1cnn(C)c1. The van der Waals surface area contributed by atoms with Gasteiger partial charge in [-0.1, -0.05) is 29.3 Å². The molecular weight excluding hydrogens is 281 g/mol. The van der Waals surface area contributed by atoms with E-state index in [1.165, 1.54) is 11.1 Å². The smallest absolute Gasteiger partial charge is 0.0595 e. The van der Waals surface area contributed by atoms with E-state index in [4.69, 9.17) is 23.2 Å². The molecule has 0 saturated carbocycles. The Morgan fingerprint density at radius 3 is 2.53 bits per heavy atom. The molecule has 3 nitrogen and oxygen atoms in total. The molecule has 0 amide bonds. The van der Waals surface area contributed by atoms with Crippen molar-refractivity contribution >= 4 is 23.2 Å². The van der Waals surface area contributed by atoms with Crippen molar-refractivity contribution in [2.75, 3.05) is 7.05 Å². The van der Waals surface area contributed by atoms with Gasteiger partial charge in [0.15, 0.2) is 0 Å². The number of nitrogens with zero attached hydrogens (tertiary/aromatic N) is 2. The summed E-state index contributed by atoms with van der Waals surface area (Å²) < 4.78 is 1.82. The normalized spacial score (nSPS) is 12.6. The predicted octanol–water partition coefficient (Wildman–Crippen LogP) is 3.10. The number of rotatable bonds is 5. The van der Waals surface area contributed by atoms with Gasteiger partial charge < -0.3 is 5.32 Å². The van der Waals surface area contributed by atoms with E-state index in [0.29, 0.717) is 16.1 Å². The average Bonchev–Trinajstić information content (AvgIpc) is 2.78. The maximum absolute atomic E-state index is 6.04. The lowest BCUT2D eigenvalue weighted by Crippen LogP contribution is -2.29. The Hall–Kier alpha value is -1.03. The molecule has 1 atom stereocenters. The van der Waals surface area contributed by atoms with Gasteiger partial charge in [0, 0.05) is 19.3 Å². The zero-order valence-corrected chi connectivity index (χ0v) is 12.5. The van der Waals surface area contributed by atoms with Crippen LogP contribution in [0.2, 0.25) is 10.0 Å². The van der Waals surface area contributed by atoms with Gasteiger partial charge in [0.1, 0.15) is 0 Å². The summed E-state index contributed by atoms with van der Waals surface area (Å²) in [5.41, 5.74) is 2.40. The van der Waals surface area contributed by atoms with Crippen LogP contribution < -0.4 is 5.32 Å². The predicted molar refractivity (Wildman–Crippen MR) is 79.9 cm³/mol. The van der Waals surface area contributed by atoms with Gasteiger partial charge >= 0.3 is 0 Å². The van der Waals surface area contributed by atoms with Crippen LogP contribution in [0.5, 0.6) is 0 Å². The minimum atomic E-state index is 0.349. The fourth-order valence-electron chi connectivity index (χ4n) is 2.09. The van der Waals surface area contributed by atoms with Crippen molar-refractivity contribution in [3.05, 3.63) is 51.8 Å². The lowest BCUT2D eigenvalue weighted by molar-refractivity contribution is 0.556. The highest BCUT2D eigenvalue weighted by Crippen LogP contribution is 2.23. The molecule has 5 heteroatoms. The molecule has 0 fully saturated rings. The largest absolute Gasteiger partial charge is 0.316 e. The molecule has 1 aromatic carbocycles. The molecule has 0 spiro atoms. The van der Waals surface area contributed by atoms with E-state index in [9.17, 15) is 0 Å². The number of hydrogen-bond donors (Lipinski definition) is 1. The first kappa shape index (κ1) is 14.4. The average molecular weight is 298 g/mol. The maximum Gasteiger partial charge on any atom is 0.0595 e. The van der Waals surface area contributed by atoms with Gasteiger partial charge in [0.2, 0.25) is 0 Å². The number of halogens is 2. The Morgan fingerprint density at radius 1 is 1.21 bits per heavy atom. The van der Waals surface area contributed by atoms with Gasteiger partial charge in [-0.3, -0.25) is 4.68 Å². The minimum Gasteiger partial charge on any atom is -0.316 e. The zero-order valence-electron chi connectivity index (χ0n) is 11.0. The molecule has 1 aromatic heterocycles. The molecule has 1 heterocycles. The number of nitrogens with one attached hydrogen (secondary N) is 1. The van der Waals surface area contributed by atoms with Crippen LogP contribution in [0.3, 0.4) is 0 Å². The summed E-state index contributed by atoms with van der Waals surface area (Å²) in [6, 6.07) is 6.14. The van der Waals surface area contributed by atoms with Gasteiger partial charge in [0.25, 0.3) is 0 Å². The number of hydrogen-bond acceptors (Lipinski definition) is 2. The third-order valence-electron chi connectivity index (χ3n) is 3.11. The highest BCUT2D eigenvalue weighted by atomic mass is 35.5. The van der Waals surface area contributed by atoms with E-state index < -0.39 is 0 Å². The van der Waals surface area contributed by atoms with Crippen LogP contribution in [0.25, 0.3) is 0 Å². The molecule has 2 rings (SSSR count). The lowest BCUT2D eigenvalue weighted by atomic mass is 10.0. The molecule has 0 aliphatic carbocycles. The van der Waals surface area contributed by atoms with E-state index in [1.807, 2.05) is 49.4 Å². The van der Waals surface area contributed by atoms with Crippen LogP contribution in [-0.4, -0.2) is 22.9 Å². The van der Waals surface area contributed by atoms with Crippen molar-refractivity contribution < 1.29 is 0 Å². The molecule has 0 saturated heterocycles. The van der Waals surface area contributed by atoms with Crippen molar-refractivity contribution in [3.8, 4) is 0 Å². The summed E-state index contributed by atoms with van der Waals surface area (Å²) >= 11 is 12.0. The van der Waals surface area contributed by atoms with Crippen LogP contribution in [0, 0.1) is 0 Å². The minimum absolute atomic E-state index is 0.349. The van der Waals surface area contributed by atoms with E-state index in [2.05, 4.69) is 10.4 Å².